The van der Waals surface area contributed by atoms with Crippen LogP contribution < -0.4 is 0 Å². The Kier molecular flexibility index (Phi) is 7.32. The molecule has 0 aromatic carbocycles. The summed E-state index contributed by atoms with van der Waals surface area (Å²) in [4.78, 5) is 13.0. The van der Waals surface area contributed by atoms with E-state index < -0.39 is 0 Å². The van der Waals surface area contributed by atoms with Crippen molar-refractivity contribution in [2.24, 2.45) is 0 Å². The summed E-state index contributed by atoms with van der Waals surface area (Å²) in [6, 6.07) is 1.37. The van der Waals surface area contributed by atoms with Crippen LogP contribution in [0.4, 0.5) is 4.39 Å². The maximum absolute atomic E-state index is 12.5. The van der Waals surface area contributed by atoms with Crippen molar-refractivity contribution < 1.29 is 13.9 Å². The van der Waals surface area contributed by atoms with Gasteiger partial charge in [-0.2, -0.15) is 0 Å². The number of carbonyl (C=O) groups is 1. The highest BCUT2D eigenvalue weighted by molar-refractivity contribution is 5.36. The highest BCUT2D eigenvalue weighted by atomic mass is 19.1. The fourth-order valence-electron chi connectivity index (χ4n) is 0.738. The SMILES string of the molecule is CCOC=O.CCc1cnccc1F. The Bertz CT molecular complexity index is 266. The van der Waals surface area contributed by atoms with Gasteiger partial charge in [-0.25, -0.2) is 4.39 Å². The third-order valence-electron chi connectivity index (χ3n) is 1.46. The minimum atomic E-state index is -0.160. The molecule has 0 aliphatic carbocycles. The molecular weight excluding hydrogens is 185 g/mol. The van der Waals surface area contributed by atoms with E-state index in [1.165, 1.54) is 12.3 Å². The van der Waals surface area contributed by atoms with Crippen molar-refractivity contribution in [3.05, 3.63) is 29.8 Å². The van der Waals surface area contributed by atoms with Crippen molar-refractivity contribution in [3.8, 4) is 0 Å². The molecule has 0 spiro atoms. The summed E-state index contributed by atoms with van der Waals surface area (Å²) in [7, 11) is 0. The number of hydrogen-bond donors (Lipinski definition) is 0. The van der Waals surface area contributed by atoms with Gasteiger partial charge in [0.2, 0.25) is 0 Å². The summed E-state index contributed by atoms with van der Waals surface area (Å²) >= 11 is 0. The van der Waals surface area contributed by atoms with E-state index in [4.69, 9.17) is 0 Å². The van der Waals surface area contributed by atoms with Crippen LogP contribution in [0, 0.1) is 5.82 Å². The van der Waals surface area contributed by atoms with Gasteiger partial charge in [0.15, 0.2) is 0 Å². The number of ether oxygens (including phenoxy) is 1. The first-order chi connectivity index (χ1) is 6.76. The second kappa shape index (κ2) is 8.16. The topological polar surface area (TPSA) is 39.2 Å². The summed E-state index contributed by atoms with van der Waals surface area (Å²) < 4.78 is 16.7. The lowest BCUT2D eigenvalue weighted by atomic mass is 10.2. The standard InChI is InChI=1S/C7H8FN.C3H6O2/c1-2-6-5-9-4-3-7(6)8;1-2-5-3-4/h3-5H,2H2,1H3;3H,2H2,1H3. The van der Waals surface area contributed by atoms with Crippen molar-refractivity contribution in [3.63, 3.8) is 0 Å². The summed E-state index contributed by atoms with van der Waals surface area (Å²) in [5, 5.41) is 0. The summed E-state index contributed by atoms with van der Waals surface area (Å²) in [5.74, 6) is -0.160. The molecule has 1 aromatic rings. The van der Waals surface area contributed by atoms with Crippen LogP contribution in [0.3, 0.4) is 0 Å². The molecule has 0 aliphatic heterocycles. The van der Waals surface area contributed by atoms with Crippen LogP contribution in [0.1, 0.15) is 19.4 Å². The number of pyridine rings is 1. The Morgan fingerprint density at radius 1 is 1.57 bits per heavy atom. The molecule has 0 aliphatic rings. The monoisotopic (exact) mass is 199 g/mol. The highest BCUT2D eigenvalue weighted by Gasteiger charge is 1.94. The lowest BCUT2D eigenvalue weighted by Gasteiger charge is -1.93. The van der Waals surface area contributed by atoms with Gasteiger partial charge in [-0.15, -0.1) is 0 Å². The number of hydrogen-bond acceptors (Lipinski definition) is 3. The van der Waals surface area contributed by atoms with Gasteiger partial charge in [0, 0.05) is 18.0 Å². The van der Waals surface area contributed by atoms with Gasteiger partial charge in [-0.1, -0.05) is 6.92 Å². The molecule has 14 heavy (non-hydrogen) atoms. The first-order valence-electron chi connectivity index (χ1n) is 4.39. The van der Waals surface area contributed by atoms with Crippen LogP contribution in [0.15, 0.2) is 18.5 Å². The molecular formula is C10H14FNO2. The zero-order valence-electron chi connectivity index (χ0n) is 8.37. The van der Waals surface area contributed by atoms with Gasteiger partial charge in [0.1, 0.15) is 5.82 Å². The van der Waals surface area contributed by atoms with Crippen LogP contribution in [-0.4, -0.2) is 18.1 Å². The molecule has 0 saturated carbocycles. The van der Waals surface area contributed by atoms with Crippen molar-refractivity contribution in [1.29, 1.82) is 0 Å². The predicted octanol–water partition coefficient (Wildman–Crippen LogP) is 1.96. The van der Waals surface area contributed by atoms with Gasteiger partial charge in [0.05, 0.1) is 6.61 Å². The Hall–Kier alpha value is -1.45. The average Bonchev–Trinajstić information content (AvgIpc) is 2.21. The third-order valence-corrected chi connectivity index (χ3v) is 1.46. The zero-order valence-corrected chi connectivity index (χ0v) is 8.37. The number of nitrogens with zero attached hydrogens (tertiary/aromatic N) is 1. The maximum Gasteiger partial charge on any atom is 0.293 e. The smallest absolute Gasteiger partial charge is 0.293 e. The van der Waals surface area contributed by atoms with E-state index in [9.17, 15) is 9.18 Å². The van der Waals surface area contributed by atoms with Crippen LogP contribution in [-0.2, 0) is 16.0 Å². The van der Waals surface area contributed by atoms with E-state index in [1.807, 2.05) is 6.92 Å². The molecule has 0 saturated heterocycles. The Balaban J connectivity index is 0.000000292. The molecule has 0 fully saturated rings. The molecule has 3 nitrogen and oxygen atoms in total. The fourth-order valence-corrected chi connectivity index (χ4v) is 0.738. The van der Waals surface area contributed by atoms with E-state index >= 15 is 0 Å². The Labute approximate surface area is 82.9 Å². The maximum atomic E-state index is 12.5. The lowest BCUT2D eigenvalue weighted by molar-refractivity contribution is -0.128. The van der Waals surface area contributed by atoms with Gasteiger partial charge < -0.3 is 4.74 Å². The summed E-state index contributed by atoms with van der Waals surface area (Å²) in [6.07, 6.45) is 3.71. The van der Waals surface area contributed by atoms with Crippen LogP contribution in [0.25, 0.3) is 0 Å². The zero-order chi connectivity index (χ0) is 10.8. The number of carbonyl (C=O) groups excluding carboxylic acids is 1. The molecule has 1 rings (SSSR count). The molecule has 0 N–H and O–H groups in total. The molecule has 78 valence electrons. The second-order valence-electron chi connectivity index (χ2n) is 2.37. The van der Waals surface area contributed by atoms with Crippen molar-refractivity contribution >= 4 is 6.47 Å². The summed E-state index contributed by atoms with van der Waals surface area (Å²) in [5.41, 5.74) is 0.678. The third kappa shape index (κ3) is 5.24. The molecule has 0 amide bonds. The van der Waals surface area contributed by atoms with Gasteiger partial charge in [-0.3, -0.25) is 9.78 Å². The van der Waals surface area contributed by atoms with Crippen molar-refractivity contribution in [2.45, 2.75) is 20.3 Å². The van der Waals surface area contributed by atoms with E-state index in [0.29, 0.717) is 25.1 Å². The van der Waals surface area contributed by atoms with E-state index in [2.05, 4.69) is 9.72 Å². The minimum absolute atomic E-state index is 0.160. The Morgan fingerprint density at radius 3 is 2.57 bits per heavy atom. The molecule has 0 atom stereocenters. The summed E-state index contributed by atoms with van der Waals surface area (Å²) in [6.45, 7) is 4.57. The molecule has 0 unspecified atom stereocenters. The normalized spacial score (nSPS) is 8.50. The molecule has 0 bridgehead atoms. The van der Waals surface area contributed by atoms with E-state index in [1.54, 1.807) is 13.1 Å². The van der Waals surface area contributed by atoms with E-state index in [-0.39, 0.29) is 5.82 Å². The fraction of sp³-hybridized carbons (Fsp3) is 0.400. The minimum Gasteiger partial charge on any atom is -0.468 e. The second-order valence-corrected chi connectivity index (χ2v) is 2.37. The molecule has 4 heteroatoms. The van der Waals surface area contributed by atoms with Crippen LogP contribution in [0.5, 0.6) is 0 Å². The van der Waals surface area contributed by atoms with Crippen molar-refractivity contribution in [1.82, 2.24) is 4.98 Å². The molecule has 1 aromatic heterocycles. The highest BCUT2D eigenvalue weighted by Crippen LogP contribution is 2.03. The van der Waals surface area contributed by atoms with Crippen LogP contribution in [0.2, 0.25) is 0 Å². The van der Waals surface area contributed by atoms with E-state index in [0.717, 1.165) is 0 Å². The number of halogens is 1. The van der Waals surface area contributed by atoms with Crippen LogP contribution >= 0.6 is 0 Å². The predicted molar refractivity (Wildman–Crippen MR) is 51.3 cm³/mol. The average molecular weight is 199 g/mol. The van der Waals surface area contributed by atoms with Gasteiger partial charge >= 0.3 is 0 Å². The number of aromatic nitrogens is 1. The Morgan fingerprint density at radius 2 is 2.29 bits per heavy atom. The largest absolute Gasteiger partial charge is 0.468 e. The van der Waals surface area contributed by atoms with Crippen molar-refractivity contribution in [2.75, 3.05) is 6.61 Å². The molecule has 1 heterocycles. The number of rotatable bonds is 3. The first-order valence-corrected chi connectivity index (χ1v) is 4.39. The quantitative estimate of drug-likeness (QED) is 0.698. The first kappa shape index (κ1) is 12.6. The van der Waals surface area contributed by atoms with Gasteiger partial charge in [0.25, 0.3) is 6.47 Å². The lowest BCUT2D eigenvalue weighted by Crippen LogP contribution is -1.86. The molecule has 0 radical (unpaired) electrons. The van der Waals surface area contributed by atoms with Gasteiger partial charge in [-0.05, 0) is 19.4 Å². The number of aryl methyl sites for hydroxylation is 1.